The molecule has 2 aromatic carbocycles. The highest BCUT2D eigenvalue weighted by atomic mass is 16.6. The average molecular weight is 311 g/mol. The molecule has 0 aliphatic rings. The molecule has 0 atom stereocenters. The van der Waals surface area contributed by atoms with Crippen molar-refractivity contribution in [3.8, 4) is 0 Å². The number of non-ortho nitro benzene ring substituents is 1. The van der Waals surface area contributed by atoms with Gasteiger partial charge in [0.1, 0.15) is 0 Å². The van der Waals surface area contributed by atoms with Gasteiger partial charge in [0.05, 0.1) is 10.6 Å². The Morgan fingerprint density at radius 2 is 1.78 bits per heavy atom. The van der Waals surface area contributed by atoms with E-state index < -0.39 is 10.8 Å². The van der Waals surface area contributed by atoms with Crippen molar-refractivity contribution < 1.29 is 9.72 Å². The lowest BCUT2D eigenvalue weighted by molar-refractivity contribution is -0.384. The SMILES string of the molecule is C/C(=N/NC(=O)c1ccc([N+](=O)[O-])cc1)c1cc(C)ccc1C. The zero-order valence-corrected chi connectivity index (χ0v) is 13.2. The highest BCUT2D eigenvalue weighted by molar-refractivity contribution is 6.01. The summed E-state index contributed by atoms with van der Waals surface area (Å²) in [6.07, 6.45) is 0. The minimum absolute atomic E-state index is 0.0587. The zero-order chi connectivity index (χ0) is 17.0. The number of aryl methyl sites for hydroxylation is 2. The number of carbonyl (C=O) groups excluding carboxylic acids is 1. The third-order valence-electron chi connectivity index (χ3n) is 3.45. The Hall–Kier alpha value is -3.02. The van der Waals surface area contributed by atoms with Gasteiger partial charge in [-0.25, -0.2) is 5.43 Å². The number of nitro benzene ring substituents is 1. The third kappa shape index (κ3) is 4.00. The van der Waals surface area contributed by atoms with Crippen molar-refractivity contribution in [2.75, 3.05) is 0 Å². The molecule has 0 heterocycles. The first-order valence-corrected chi connectivity index (χ1v) is 7.05. The fourth-order valence-corrected chi connectivity index (χ4v) is 2.12. The van der Waals surface area contributed by atoms with Crippen LogP contribution in [0.15, 0.2) is 47.6 Å². The summed E-state index contributed by atoms with van der Waals surface area (Å²) in [4.78, 5) is 22.1. The van der Waals surface area contributed by atoms with Crippen molar-refractivity contribution >= 4 is 17.3 Å². The van der Waals surface area contributed by atoms with E-state index in [-0.39, 0.29) is 5.69 Å². The van der Waals surface area contributed by atoms with E-state index in [0.717, 1.165) is 16.7 Å². The third-order valence-corrected chi connectivity index (χ3v) is 3.45. The first-order valence-electron chi connectivity index (χ1n) is 7.05. The van der Waals surface area contributed by atoms with Gasteiger partial charge in [-0.2, -0.15) is 5.10 Å². The Morgan fingerprint density at radius 3 is 2.39 bits per heavy atom. The molecule has 23 heavy (non-hydrogen) atoms. The van der Waals surface area contributed by atoms with Crippen LogP contribution in [0.5, 0.6) is 0 Å². The second kappa shape index (κ2) is 6.83. The summed E-state index contributed by atoms with van der Waals surface area (Å²) in [5, 5.41) is 14.7. The van der Waals surface area contributed by atoms with Crippen LogP contribution in [0.4, 0.5) is 5.69 Å². The van der Waals surface area contributed by atoms with E-state index in [2.05, 4.69) is 10.5 Å². The molecule has 0 radical (unpaired) electrons. The van der Waals surface area contributed by atoms with Crippen molar-refractivity contribution in [2.24, 2.45) is 5.10 Å². The van der Waals surface area contributed by atoms with Gasteiger partial charge in [-0.05, 0) is 44.5 Å². The van der Waals surface area contributed by atoms with Gasteiger partial charge in [0.2, 0.25) is 0 Å². The molecule has 2 aromatic rings. The van der Waals surface area contributed by atoms with Crippen LogP contribution in [0.1, 0.15) is 34.0 Å². The molecular weight excluding hydrogens is 294 g/mol. The number of nitrogens with zero attached hydrogens (tertiary/aromatic N) is 2. The van der Waals surface area contributed by atoms with Gasteiger partial charge >= 0.3 is 0 Å². The molecule has 0 unspecified atom stereocenters. The molecule has 0 fully saturated rings. The molecule has 6 nitrogen and oxygen atoms in total. The van der Waals surface area contributed by atoms with Gasteiger partial charge in [-0.15, -0.1) is 0 Å². The zero-order valence-electron chi connectivity index (χ0n) is 13.2. The van der Waals surface area contributed by atoms with Gasteiger partial charge < -0.3 is 0 Å². The minimum atomic E-state index is -0.509. The summed E-state index contributed by atoms with van der Waals surface area (Å²) >= 11 is 0. The van der Waals surface area contributed by atoms with Gasteiger partial charge in [0.15, 0.2) is 0 Å². The van der Waals surface area contributed by atoms with Gasteiger partial charge in [0.25, 0.3) is 11.6 Å². The summed E-state index contributed by atoms with van der Waals surface area (Å²) in [6.45, 7) is 5.79. The van der Waals surface area contributed by atoms with Crippen LogP contribution in [0, 0.1) is 24.0 Å². The maximum Gasteiger partial charge on any atom is 0.271 e. The second-order valence-corrected chi connectivity index (χ2v) is 5.26. The average Bonchev–Trinajstić information content (AvgIpc) is 2.54. The summed E-state index contributed by atoms with van der Waals surface area (Å²) in [5.41, 5.74) is 6.57. The number of rotatable bonds is 4. The quantitative estimate of drug-likeness (QED) is 0.533. The minimum Gasteiger partial charge on any atom is -0.267 e. The smallest absolute Gasteiger partial charge is 0.267 e. The van der Waals surface area contributed by atoms with Crippen LogP contribution in [0.2, 0.25) is 0 Å². The van der Waals surface area contributed by atoms with Crippen LogP contribution in [-0.4, -0.2) is 16.5 Å². The largest absolute Gasteiger partial charge is 0.271 e. The second-order valence-electron chi connectivity index (χ2n) is 5.26. The molecular formula is C17H17N3O3. The van der Waals surface area contributed by atoms with Crippen molar-refractivity contribution in [3.63, 3.8) is 0 Å². The Bertz CT molecular complexity index is 780. The number of carbonyl (C=O) groups is 1. The van der Waals surface area contributed by atoms with E-state index in [0.29, 0.717) is 11.3 Å². The predicted octanol–water partition coefficient (Wildman–Crippen LogP) is 3.37. The lowest BCUT2D eigenvalue weighted by Crippen LogP contribution is -2.19. The summed E-state index contributed by atoms with van der Waals surface area (Å²) in [6, 6.07) is 11.4. The lowest BCUT2D eigenvalue weighted by atomic mass is 10.0. The molecule has 0 aliphatic carbocycles. The van der Waals surface area contributed by atoms with Crippen molar-refractivity contribution in [1.82, 2.24) is 5.43 Å². The van der Waals surface area contributed by atoms with E-state index >= 15 is 0 Å². The Labute approximate surface area is 134 Å². The Kier molecular flexibility index (Phi) is 4.85. The number of nitrogens with one attached hydrogen (secondary N) is 1. The molecule has 1 amide bonds. The molecule has 0 saturated heterocycles. The molecule has 0 bridgehead atoms. The van der Waals surface area contributed by atoms with Crippen molar-refractivity contribution in [2.45, 2.75) is 20.8 Å². The van der Waals surface area contributed by atoms with Crippen LogP contribution in [-0.2, 0) is 0 Å². The number of hydrogen-bond donors (Lipinski definition) is 1. The molecule has 1 N–H and O–H groups in total. The monoisotopic (exact) mass is 311 g/mol. The van der Waals surface area contributed by atoms with E-state index in [1.165, 1.54) is 24.3 Å². The normalized spacial score (nSPS) is 11.2. The van der Waals surface area contributed by atoms with E-state index in [1.807, 2.05) is 39.0 Å². The molecule has 2 rings (SSSR count). The summed E-state index contributed by atoms with van der Waals surface area (Å²) in [5.74, 6) is -0.412. The topological polar surface area (TPSA) is 84.6 Å². The van der Waals surface area contributed by atoms with E-state index in [1.54, 1.807) is 0 Å². The standard InChI is InChI=1S/C17H17N3O3/c1-11-4-5-12(2)16(10-11)13(3)18-19-17(21)14-6-8-15(9-7-14)20(22)23/h4-10H,1-3H3,(H,19,21)/b18-13-. The van der Waals surface area contributed by atoms with Crippen molar-refractivity contribution in [3.05, 3.63) is 74.8 Å². The van der Waals surface area contributed by atoms with E-state index in [9.17, 15) is 14.9 Å². The predicted molar refractivity (Wildman–Crippen MR) is 88.7 cm³/mol. The molecule has 0 aromatic heterocycles. The van der Waals surface area contributed by atoms with Crippen LogP contribution in [0.3, 0.4) is 0 Å². The van der Waals surface area contributed by atoms with Crippen LogP contribution in [0.25, 0.3) is 0 Å². The Morgan fingerprint density at radius 1 is 1.13 bits per heavy atom. The number of amides is 1. The first-order chi connectivity index (χ1) is 10.9. The van der Waals surface area contributed by atoms with Crippen LogP contribution >= 0.6 is 0 Å². The summed E-state index contributed by atoms with van der Waals surface area (Å²) < 4.78 is 0. The fourth-order valence-electron chi connectivity index (χ4n) is 2.12. The lowest BCUT2D eigenvalue weighted by Gasteiger charge is -2.07. The summed E-state index contributed by atoms with van der Waals surface area (Å²) in [7, 11) is 0. The maximum absolute atomic E-state index is 12.0. The highest BCUT2D eigenvalue weighted by Crippen LogP contribution is 2.13. The van der Waals surface area contributed by atoms with Crippen molar-refractivity contribution in [1.29, 1.82) is 0 Å². The van der Waals surface area contributed by atoms with Gasteiger partial charge in [-0.3, -0.25) is 14.9 Å². The Balaban J connectivity index is 2.13. The van der Waals surface area contributed by atoms with Gasteiger partial charge in [-0.1, -0.05) is 17.7 Å². The molecule has 118 valence electrons. The molecule has 0 aliphatic heterocycles. The van der Waals surface area contributed by atoms with Gasteiger partial charge in [0, 0.05) is 23.3 Å². The molecule has 0 saturated carbocycles. The number of nitro groups is 1. The maximum atomic E-state index is 12.0. The van der Waals surface area contributed by atoms with Crippen LogP contribution < -0.4 is 5.43 Å². The fraction of sp³-hybridized carbons (Fsp3) is 0.176. The number of hydrazone groups is 1. The molecule has 6 heteroatoms. The highest BCUT2D eigenvalue weighted by Gasteiger charge is 2.09. The number of hydrogen-bond acceptors (Lipinski definition) is 4. The first kappa shape index (κ1) is 16.4. The number of benzene rings is 2. The molecule has 0 spiro atoms. The van der Waals surface area contributed by atoms with E-state index in [4.69, 9.17) is 0 Å².